The lowest BCUT2D eigenvalue weighted by Gasteiger charge is -2.06. The molecule has 0 amide bonds. The van der Waals surface area contributed by atoms with Gasteiger partial charge in [0.15, 0.2) is 11.6 Å². The summed E-state index contributed by atoms with van der Waals surface area (Å²) in [5, 5.41) is 0.292. The molecule has 1 aromatic carbocycles. The van der Waals surface area contributed by atoms with Crippen LogP contribution in [0.1, 0.15) is 0 Å². The van der Waals surface area contributed by atoms with Crippen LogP contribution in [-0.4, -0.2) is 19.3 Å². The highest BCUT2D eigenvalue weighted by molar-refractivity contribution is 6.32. The Kier molecular flexibility index (Phi) is 2.38. The molecule has 0 aromatic heterocycles. The number of hydrogen-bond acceptors (Lipinski definition) is 2. The third-order valence-electron chi connectivity index (χ3n) is 1.73. The van der Waals surface area contributed by atoms with Crippen molar-refractivity contribution in [3.8, 4) is 5.75 Å². The van der Waals surface area contributed by atoms with Crippen molar-refractivity contribution in [2.75, 3.05) is 13.2 Å². The number of ether oxygens (including phenoxy) is 2. The zero-order chi connectivity index (χ0) is 9.26. The van der Waals surface area contributed by atoms with Gasteiger partial charge in [0.05, 0.1) is 11.6 Å². The number of benzene rings is 1. The molecule has 1 aliphatic rings. The fourth-order valence-electron chi connectivity index (χ4n) is 0.961. The Balaban J connectivity index is 2.07. The Morgan fingerprint density at radius 3 is 3.00 bits per heavy atom. The fraction of sp³-hybridized carbons (Fsp3) is 0.333. The first-order valence-electron chi connectivity index (χ1n) is 3.96. The predicted molar refractivity (Wildman–Crippen MR) is 46.6 cm³/mol. The van der Waals surface area contributed by atoms with E-state index < -0.39 is 5.82 Å². The van der Waals surface area contributed by atoms with Gasteiger partial charge in [0, 0.05) is 0 Å². The van der Waals surface area contributed by atoms with E-state index in [1.807, 2.05) is 0 Å². The molecule has 0 unspecified atom stereocenters. The maximum atomic E-state index is 13.1. The molecule has 1 atom stereocenters. The maximum absolute atomic E-state index is 13.1. The van der Waals surface area contributed by atoms with E-state index >= 15 is 0 Å². The number of halogens is 2. The molecule has 1 saturated heterocycles. The first-order valence-corrected chi connectivity index (χ1v) is 4.33. The van der Waals surface area contributed by atoms with Crippen molar-refractivity contribution in [1.82, 2.24) is 0 Å². The van der Waals surface area contributed by atoms with Crippen molar-refractivity contribution in [3.63, 3.8) is 0 Å². The average molecular weight is 203 g/mol. The third kappa shape index (κ3) is 2.11. The van der Waals surface area contributed by atoms with Crippen molar-refractivity contribution in [2.45, 2.75) is 6.10 Å². The summed E-state index contributed by atoms with van der Waals surface area (Å²) in [5.41, 5.74) is 0. The summed E-state index contributed by atoms with van der Waals surface area (Å²) >= 11 is 5.73. The quantitative estimate of drug-likeness (QED) is 0.702. The van der Waals surface area contributed by atoms with E-state index in [1.54, 1.807) is 6.07 Å². The summed E-state index contributed by atoms with van der Waals surface area (Å²) in [6.07, 6.45) is 0.107. The first-order chi connectivity index (χ1) is 6.27. The molecular formula is C9H8ClFO2. The lowest BCUT2D eigenvalue weighted by atomic mass is 10.3. The van der Waals surface area contributed by atoms with Gasteiger partial charge >= 0.3 is 0 Å². The average Bonchev–Trinajstić information content (AvgIpc) is 2.87. The predicted octanol–water partition coefficient (Wildman–Crippen LogP) is 2.26. The Morgan fingerprint density at radius 2 is 2.38 bits per heavy atom. The topological polar surface area (TPSA) is 21.8 Å². The van der Waals surface area contributed by atoms with Crippen molar-refractivity contribution in [2.24, 2.45) is 0 Å². The minimum Gasteiger partial charge on any atom is -0.486 e. The molecule has 1 aliphatic heterocycles. The SMILES string of the molecule is Fc1cccc(Cl)c1OC[C@@H]1CO1. The molecule has 1 fully saturated rings. The number of hydrogen-bond donors (Lipinski definition) is 0. The van der Waals surface area contributed by atoms with Gasteiger partial charge < -0.3 is 9.47 Å². The molecule has 0 N–H and O–H groups in total. The molecule has 0 saturated carbocycles. The minimum absolute atomic E-state index is 0.107. The lowest BCUT2D eigenvalue weighted by Crippen LogP contribution is -2.05. The van der Waals surface area contributed by atoms with E-state index in [0.717, 1.165) is 0 Å². The second-order valence-corrected chi connectivity index (χ2v) is 3.22. The zero-order valence-corrected chi connectivity index (χ0v) is 7.55. The summed E-state index contributed by atoms with van der Waals surface area (Å²) in [6, 6.07) is 4.45. The molecular weight excluding hydrogens is 195 g/mol. The molecule has 2 rings (SSSR count). The van der Waals surface area contributed by atoms with Gasteiger partial charge in [-0.1, -0.05) is 17.7 Å². The highest BCUT2D eigenvalue weighted by Gasteiger charge is 2.24. The summed E-state index contributed by atoms with van der Waals surface area (Å²) in [4.78, 5) is 0. The van der Waals surface area contributed by atoms with Crippen LogP contribution in [0.2, 0.25) is 5.02 Å². The van der Waals surface area contributed by atoms with Crippen molar-refractivity contribution < 1.29 is 13.9 Å². The Bertz CT molecular complexity index is 292. The maximum Gasteiger partial charge on any atom is 0.173 e. The largest absolute Gasteiger partial charge is 0.486 e. The monoisotopic (exact) mass is 202 g/mol. The molecule has 0 aliphatic carbocycles. The second kappa shape index (κ2) is 3.52. The molecule has 70 valence electrons. The van der Waals surface area contributed by atoms with Crippen LogP contribution >= 0.6 is 11.6 Å². The number of rotatable bonds is 3. The van der Waals surface area contributed by atoms with E-state index in [2.05, 4.69) is 0 Å². The molecule has 2 nitrogen and oxygen atoms in total. The summed E-state index contributed by atoms with van der Waals surface area (Å²) in [7, 11) is 0. The normalized spacial score (nSPS) is 20.0. The van der Waals surface area contributed by atoms with Crippen molar-refractivity contribution >= 4 is 11.6 Å². The van der Waals surface area contributed by atoms with Gasteiger partial charge in [-0.2, -0.15) is 0 Å². The van der Waals surface area contributed by atoms with Crippen LogP contribution in [0.5, 0.6) is 5.75 Å². The van der Waals surface area contributed by atoms with Gasteiger partial charge in [-0.3, -0.25) is 0 Å². The molecule has 0 radical (unpaired) electrons. The highest BCUT2D eigenvalue weighted by atomic mass is 35.5. The Labute approximate surface area is 80.2 Å². The molecule has 0 spiro atoms. The zero-order valence-electron chi connectivity index (χ0n) is 6.80. The van der Waals surface area contributed by atoms with Crippen molar-refractivity contribution in [3.05, 3.63) is 29.0 Å². The van der Waals surface area contributed by atoms with Crippen LogP contribution in [0.3, 0.4) is 0 Å². The second-order valence-electron chi connectivity index (χ2n) is 2.82. The number of epoxide rings is 1. The lowest BCUT2D eigenvalue weighted by molar-refractivity contribution is 0.254. The fourth-order valence-corrected chi connectivity index (χ4v) is 1.18. The van der Waals surface area contributed by atoms with E-state index in [0.29, 0.717) is 18.2 Å². The first kappa shape index (κ1) is 8.78. The van der Waals surface area contributed by atoms with Crippen LogP contribution in [0, 0.1) is 5.82 Å². The molecule has 1 heterocycles. The van der Waals surface area contributed by atoms with Crippen molar-refractivity contribution in [1.29, 1.82) is 0 Å². The van der Waals surface area contributed by atoms with E-state index in [1.165, 1.54) is 12.1 Å². The van der Waals surface area contributed by atoms with Gasteiger partial charge in [-0.15, -0.1) is 0 Å². The van der Waals surface area contributed by atoms with Crippen LogP contribution in [0.25, 0.3) is 0 Å². The Morgan fingerprint density at radius 1 is 1.62 bits per heavy atom. The van der Waals surface area contributed by atoms with Gasteiger partial charge in [0.1, 0.15) is 12.7 Å². The summed E-state index contributed by atoms with van der Waals surface area (Å²) < 4.78 is 23.1. The van der Waals surface area contributed by atoms with Gasteiger partial charge in [-0.05, 0) is 12.1 Å². The van der Waals surface area contributed by atoms with Gasteiger partial charge in [0.2, 0.25) is 0 Å². The van der Waals surface area contributed by atoms with Gasteiger partial charge in [0.25, 0.3) is 0 Å². The van der Waals surface area contributed by atoms with Crippen LogP contribution in [-0.2, 0) is 4.74 Å². The Hall–Kier alpha value is -0.800. The molecule has 0 bridgehead atoms. The number of para-hydroxylation sites is 1. The van der Waals surface area contributed by atoms with E-state index in [4.69, 9.17) is 21.1 Å². The van der Waals surface area contributed by atoms with Gasteiger partial charge in [-0.25, -0.2) is 4.39 Å². The third-order valence-corrected chi connectivity index (χ3v) is 2.03. The molecule has 1 aromatic rings. The molecule has 13 heavy (non-hydrogen) atoms. The minimum atomic E-state index is -0.437. The highest BCUT2D eigenvalue weighted by Crippen LogP contribution is 2.27. The van der Waals surface area contributed by atoms with Crippen LogP contribution in [0.4, 0.5) is 4.39 Å². The van der Waals surface area contributed by atoms with E-state index in [-0.39, 0.29) is 11.9 Å². The smallest absolute Gasteiger partial charge is 0.173 e. The standard InChI is InChI=1S/C9H8ClFO2/c10-7-2-1-3-8(11)9(7)13-5-6-4-12-6/h1-3,6H,4-5H2/t6-/m0/s1. The summed E-state index contributed by atoms with van der Waals surface area (Å²) in [6.45, 7) is 1.05. The van der Waals surface area contributed by atoms with Crippen LogP contribution in [0.15, 0.2) is 18.2 Å². The van der Waals surface area contributed by atoms with E-state index in [9.17, 15) is 4.39 Å². The van der Waals surface area contributed by atoms with Crippen LogP contribution < -0.4 is 4.74 Å². The molecule has 4 heteroatoms. The summed E-state index contributed by atoms with van der Waals surface area (Å²) in [5.74, 6) is -0.326.